The predicted octanol–water partition coefficient (Wildman–Crippen LogP) is 3.26. The molecule has 0 radical (unpaired) electrons. The van der Waals surface area contributed by atoms with Crippen molar-refractivity contribution in [3.05, 3.63) is 64.2 Å². The van der Waals surface area contributed by atoms with Gasteiger partial charge in [-0.2, -0.15) is 4.31 Å². The van der Waals surface area contributed by atoms with Crippen molar-refractivity contribution in [2.45, 2.75) is 52.1 Å². The number of hydrogen-bond acceptors (Lipinski definition) is 4. The molecule has 1 amide bonds. The van der Waals surface area contributed by atoms with E-state index < -0.39 is 10.0 Å². The summed E-state index contributed by atoms with van der Waals surface area (Å²) < 4.78 is 33.5. The lowest BCUT2D eigenvalue weighted by Gasteiger charge is -2.25. The van der Waals surface area contributed by atoms with Crippen molar-refractivity contribution < 1.29 is 17.9 Å². The van der Waals surface area contributed by atoms with Crippen molar-refractivity contribution in [1.29, 1.82) is 0 Å². The molecule has 1 atom stereocenters. The van der Waals surface area contributed by atoms with Crippen LogP contribution in [0.3, 0.4) is 0 Å². The molecule has 2 rings (SSSR count). The van der Waals surface area contributed by atoms with Crippen LogP contribution in [0.15, 0.2) is 41.3 Å². The number of nitrogens with one attached hydrogen (secondary N) is 1. The van der Waals surface area contributed by atoms with E-state index in [9.17, 15) is 13.2 Å². The third kappa shape index (κ3) is 6.14. The first-order valence-corrected chi connectivity index (χ1v) is 11.4. The summed E-state index contributed by atoms with van der Waals surface area (Å²) in [7, 11) is -2.33. The first-order valence-electron chi connectivity index (χ1n) is 9.96. The van der Waals surface area contributed by atoms with Gasteiger partial charge in [-0.3, -0.25) is 4.79 Å². The van der Waals surface area contributed by atoms with Crippen LogP contribution in [0.4, 0.5) is 0 Å². The van der Waals surface area contributed by atoms with E-state index in [1.165, 1.54) is 4.31 Å². The Kier molecular flexibility index (Phi) is 8.18. The molecule has 2 aromatic rings. The van der Waals surface area contributed by atoms with E-state index in [2.05, 4.69) is 5.32 Å². The zero-order chi connectivity index (χ0) is 22.5. The third-order valence-electron chi connectivity index (χ3n) is 4.83. The second-order valence-electron chi connectivity index (χ2n) is 7.91. The highest BCUT2D eigenvalue weighted by atomic mass is 32.2. The standard InChI is InChI=1S/C23H32N2O4S/c1-16-7-9-21(10-8-16)13-25(14-22(26)24-20(5)15-29-6)30(27,28)23-18(3)11-17(2)12-19(23)4/h7-12,20H,13-15H2,1-6H3,(H,24,26)/t20-/m1/s1. The molecular formula is C23H32N2O4S. The summed E-state index contributed by atoms with van der Waals surface area (Å²) in [5.74, 6) is -0.363. The monoisotopic (exact) mass is 432 g/mol. The number of nitrogens with zero attached hydrogens (tertiary/aromatic N) is 1. The van der Waals surface area contributed by atoms with Crippen molar-refractivity contribution >= 4 is 15.9 Å². The maximum absolute atomic E-state index is 13.6. The van der Waals surface area contributed by atoms with Crippen LogP contribution >= 0.6 is 0 Å². The largest absolute Gasteiger partial charge is 0.383 e. The zero-order valence-electron chi connectivity index (χ0n) is 18.7. The molecule has 7 heteroatoms. The van der Waals surface area contributed by atoms with E-state index in [0.29, 0.717) is 17.7 Å². The number of benzene rings is 2. The van der Waals surface area contributed by atoms with E-state index in [0.717, 1.165) is 16.7 Å². The Bertz CT molecular complexity index is 962. The third-order valence-corrected chi connectivity index (χ3v) is 6.92. The number of methoxy groups -OCH3 is 1. The molecule has 0 aromatic heterocycles. The number of sulfonamides is 1. The normalized spacial score (nSPS) is 12.8. The van der Waals surface area contributed by atoms with Crippen LogP contribution in [0.2, 0.25) is 0 Å². The summed E-state index contributed by atoms with van der Waals surface area (Å²) in [5.41, 5.74) is 4.26. The minimum Gasteiger partial charge on any atom is -0.383 e. The lowest BCUT2D eigenvalue weighted by atomic mass is 10.1. The summed E-state index contributed by atoms with van der Waals surface area (Å²) in [5, 5.41) is 2.80. The van der Waals surface area contributed by atoms with Gasteiger partial charge in [0.2, 0.25) is 15.9 Å². The number of amides is 1. The smallest absolute Gasteiger partial charge is 0.244 e. The summed E-state index contributed by atoms with van der Waals surface area (Å²) in [6.07, 6.45) is 0. The molecule has 0 bridgehead atoms. The maximum Gasteiger partial charge on any atom is 0.244 e. The average molecular weight is 433 g/mol. The molecule has 0 saturated carbocycles. The molecule has 2 aromatic carbocycles. The van der Waals surface area contributed by atoms with E-state index in [4.69, 9.17) is 4.74 Å². The molecule has 30 heavy (non-hydrogen) atoms. The maximum atomic E-state index is 13.6. The van der Waals surface area contributed by atoms with Crippen LogP contribution in [0, 0.1) is 27.7 Å². The van der Waals surface area contributed by atoms with Gasteiger partial charge in [0.25, 0.3) is 0 Å². The fraction of sp³-hybridized carbons (Fsp3) is 0.435. The quantitative estimate of drug-likeness (QED) is 0.660. The van der Waals surface area contributed by atoms with Crippen LogP contribution in [0.1, 0.15) is 34.7 Å². The van der Waals surface area contributed by atoms with Gasteiger partial charge < -0.3 is 10.1 Å². The Hall–Kier alpha value is -2.22. The van der Waals surface area contributed by atoms with Gasteiger partial charge in [0.1, 0.15) is 0 Å². The van der Waals surface area contributed by atoms with Gasteiger partial charge in [-0.25, -0.2) is 8.42 Å². The van der Waals surface area contributed by atoms with Crippen molar-refractivity contribution in [2.24, 2.45) is 0 Å². The number of ether oxygens (including phenoxy) is 1. The molecule has 0 aliphatic rings. The molecule has 0 heterocycles. The van der Waals surface area contributed by atoms with Gasteiger partial charge in [-0.1, -0.05) is 47.5 Å². The van der Waals surface area contributed by atoms with Crippen LogP contribution in [-0.2, 0) is 26.1 Å². The molecule has 0 unspecified atom stereocenters. The van der Waals surface area contributed by atoms with Gasteiger partial charge >= 0.3 is 0 Å². The Morgan fingerprint density at radius 1 is 1.03 bits per heavy atom. The van der Waals surface area contributed by atoms with Crippen LogP contribution < -0.4 is 5.32 Å². The summed E-state index contributed by atoms with van der Waals surface area (Å²) >= 11 is 0. The molecule has 0 aliphatic carbocycles. The SMILES string of the molecule is COC[C@@H](C)NC(=O)CN(Cc1ccc(C)cc1)S(=O)(=O)c1c(C)cc(C)cc1C. The Labute approximate surface area is 180 Å². The van der Waals surface area contributed by atoms with Crippen LogP contribution in [0.25, 0.3) is 0 Å². The predicted molar refractivity (Wildman–Crippen MR) is 119 cm³/mol. The highest BCUT2D eigenvalue weighted by Crippen LogP contribution is 2.26. The van der Waals surface area contributed by atoms with Gasteiger partial charge in [0.15, 0.2) is 0 Å². The fourth-order valence-corrected chi connectivity index (χ4v) is 5.39. The molecule has 6 nitrogen and oxygen atoms in total. The van der Waals surface area contributed by atoms with Gasteiger partial charge in [0.05, 0.1) is 18.0 Å². The van der Waals surface area contributed by atoms with Gasteiger partial charge in [0, 0.05) is 19.7 Å². The van der Waals surface area contributed by atoms with Gasteiger partial charge in [-0.05, 0) is 51.3 Å². The van der Waals surface area contributed by atoms with Crippen LogP contribution in [-0.4, -0.2) is 44.9 Å². The highest BCUT2D eigenvalue weighted by molar-refractivity contribution is 7.89. The Morgan fingerprint density at radius 2 is 1.60 bits per heavy atom. The molecule has 164 valence electrons. The molecule has 0 aliphatic heterocycles. The Morgan fingerprint density at radius 3 is 2.13 bits per heavy atom. The minimum atomic E-state index is -3.89. The van der Waals surface area contributed by atoms with Gasteiger partial charge in [-0.15, -0.1) is 0 Å². The number of aryl methyl sites for hydroxylation is 4. The van der Waals surface area contributed by atoms with Crippen molar-refractivity contribution in [1.82, 2.24) is 9.62 Å². The second kappa shape index (κ2) is 10.2. The molecule has 0 saturated heterocycles. The number of carbonyl (C=O) groups is 1. The molecule has 0 fully saturated rings. The topological polar surface area (TPSA) is 75.7 Å². The summed E-state index contributed by atoms with van der Waals surface area (Å²) in [4.78, 5) is 12.9. The fourth-order valence-electron chi connectivity index (χ4n) is 3.60. The minimum absolute atomic E-state index is 0.113. The summed E-state index contributed by atoms with van der Waals surface area (Å²) in [6, 6.07) is 11.1. The number of carbonyl (C=O) groups excluding carboxylic acids is 1. The van der Waals surface area contributed by atoms with E-state index in [-0.39, 0.29) is 29.9 Å². The van der Waals surface area contributed by atoms with Crippen LogP contribution in [0.5, 0.6) is 0 Å². The average Bonchev–Trinajstić information content (AvgIpc) is 2.61. The highest BCUT2D eigenvalue weighted by Gasteiger charge is 2.30. The molecule has 1 N–H and O–H groups in total. The molecular weight excluding hydrogens is 400 g/mol. The zero-order valence-corrected chi connectivity index (χ0v) is 19.5. The van der Waals surface area contributed by atoms with Crippen molar-refractivity contribution in [2.75, 3.05) is 20.3 Å². The first-order chi connectivity index (χ1) is 14.0. The lowest BCUT2D eigenvalue weighted by molar-refractivity contribution is -0.122. The van der Waals surface area contributed by atoms with Crippen molar-refractivity contribution in [3.8, 4) is 0 Å². The van der Waals surface area contributed by atoms with E-state index in [1.807, 2.05) is 57.2 Å². The second-order valence-corrected chi connectivity index (χ2v) is 9.79. The van der Waals surface area contributed by atoms with Crippen molar-refractivity contribution in [3.63, 3.8) is 0 Å². The van der Waals surface area contributed by atoms with E-state index in [1.54, 1.807) is 21.0 Å². The Balaban J connectivity index is 2.41. The number of rotatable bonds is 9. The van der Waals surface area contributed by atoms with E-state index >= 15 is 0 Å². The molecule has 0 spiro atoms. The first kappa shape index (κ1) is 24.1. The summed E-state index contributed by atoms with van der Waals surface area (Å²) in [6.45, 7) is 9.50. The number of hydrogen-bond donors (Lipinski definition) is 1. The lowest BCUT2D eigenvalue weighted by Crippen LogP contribution is -2.44.